The summed E-state index contributed by atoms with van der Waals surface area (Å²) in [6, 6.07) is 2.17. The quantitative estimate of drug-likeness (QED) is 0.368. The van der Waals surface area contributed by atoms with Crippen LogP contribution in [0.15, 0.2) is 17.7 Å². The van der Waals surface area contributed by atoms with Crippen molar-refractivity contribution in [2.45, 2.75) is 90.2 Å². The van der Waals surface area contributed by atoms with Gasteiger partial charge in [0.1, 0.15) is 11.8 Å². The van der Waals surface area contributed by atoms with Gasteiger partial charge >= 0.3 is 0 Å². The zero-order chi connectivity index (χ0) is 28.0. The van der Waals surface area contributed by atoms with Gasteiger partial charge in [0.05, 0.1) is 45.8 Å². The van der Waals surface area contributed by atoms with E-state index in [2.05, 4.69) is 40.1 Å². The standard InChI is InChI=1S/C34H48NO5/c1-33-13-10-22(36)17-21(33)6-7-23-24-8-9-26(34(24,2)14-11-25(23)33)28(37)18-27-30-20(12-15-35(27,3)4)16-29-31(32(30)38-5)40-19-39-29/h6,16,22-27,36H,7-15,17-19H2,1-5H3/q+1/t22-,23+,24+,25+,26+,27+,33+,34+/m1/s1. The van der Waals surface area contributed by atoms with Crippen LogP contribution in [-0.2, 0) is 11.2 Å². The van der Waals surface area contributed by atoms with Gasteiger partial charge in [0, 0.05) is 12.3 Å². The zero-order valence-corrected chi connectivity index (χ0v) is 25.1. The molecule has 3 fully saturated rings. The van der Waals surface area contributed by atoms with Gasteiger partial charge in [-0.15, -0.1) is 0 Å². The third-order valence-electron chi connectivity index (χ3n) is 12.9. The SMILES string of the molecule is COc1c2c(cc3c1[C@H](CC(=O)[C@@H]1CC[C@H]4[C@@H]5CC=C6C[C@H](O)CC[C@]6(C)[C@H]5CC[C@]14C)[N+](C)(C)CC3)OCO2. The number of methoxy groups -OCH3 is 1. The topological polar surface area (TPSA) is 65.0 Å². The zero-order valence-electron chi connectivity index (χ0n) is 25.1. The molecule has 0 spiro atoms. The average Bonchev–Trinajstić information content (AvgIpc) is 3.53. The third kappa shape index (κ3) is 3.77. The molecule has 6 heteroatoms. The van der Waals surface area contributed by atoms with E-state index >= 15 is 0 Å². The molecule has 0 saturated heterocycles. The van der Waals surface area contributed by atoms with Crippen molar-refractivity contribution < 1.29 is 28.6 Å². The van der Waals surface area contributed by atoms with E-state index in [1.54, 1.807) is 7.11 Å². The second kappa shape index (κ2) is 9.22. The Morgan fingerprint density at radius 2 is 1.95 bits per heavy atom. The van der Waals surface area contributed by atoms with Gasteiger partial charge in [-0.25, -0.2) is 0 Å². The molecule has 2 aliphatic heterocycles. The van der Waals surface area contributed by atoms with Crippen molar-refractivity contribution >= 4 is 5.78 Å². The molecule has 8 atom stereocenters. The minimum atomic E-state index is -0.162. The Kier molecular flexibility index (Phi) is 6.19. The van der Waals surface area contributed by atoms with Crippen LogP contribution >= 0.6 is 0 Å². The lowest BCUT2D eigenvalue weighted by Gasteiger charge is -2.58. The Morgan fingerprint density at radius 3 is 2.75 bits per heavy atom. The van der Waals surface area contributed by atoms with E-state index in [9.17, 15) is 9.90 Å². The molecule has 4 aliphatic carbocycles. The molecule has 1 aromatic carbocycles. The normalized spacial score (nSPS) is 40.8. The summed E-state index contributed by atoms with van der Waals surface area (Å²) in [4.78, 5) is 14.4. The molecule has 218 valence electrons. The first-order chi connectivity index (χ1) is 19.1. The number of carbonyl (C=O) groups is 1. The van der Waals surface area contributed by atoms with Crippen LogP contribution in [0.1, 0.15) is 88.8 Å². The van der Waals surface area contributed by atoms with Crippen LogP contribution in [0.2, 0.25) is 0 Å². The van der Waals surface area contributed by atoms with E-state index in [0.717, 1.165) is 73.0 Å². The van der Waals surface area contributed by atoms with Gasteiger partial charge in [0.15, 0.2) is 11.5 Å². The van der Waals surface area contributed by atoms with Crippen molar-refractivity contribution in [2.75, 3.05) is 34.5 Å². The fourth-order valence-electron chi connectivity index (χ4n) is 10.6. The van der Waals surface area contributed by atoms with Gasteiger partial charge < -0.3 is 23.8 Å². The maximum atomic E-state index is 14.4. The molecule has 7 rings (SSSR count). The third-order valence-corrected chi connectivity index (χ3v) is 12.9. The van der Waals surface area contributed by atoms with Gasteiger partial charge in [0.25, 0.3) is 0 Å². The summed E-state index contributed by atoms with van der Waals surface area (Å²) >= 11 is 0. The van der Waals surface area contributed by atoms with E-state index in [0.29, 0.717) is 35.7 Å². The fourth-order valence-corrected chi connectivity index (χ4v) is 10.6. The van der Waals surface area contributed by atoms with Crippen LogP contribution in [0, 0.1) is 34.5 Å². The molecule has 6 aliphatic rings. The first-order valence-corrected chi connectivity index (χ1v) is 15.8. The van der Waals surface area contributed by atoms with Crippen molar-refractivity contribution in [1.29, 1.82) is 0 Å². The number of nitrogens with zero attached hydrogens (tertiary/aromatic N) is 1. The van der Waals surface area contributed by atoms with Crippen molar-refractivity contribution in [1.82, 2.24) is 0 Å². The predicted molar refractivity (Wildman–Crippen MR) is 153 cm³/mol. The minimum Gasteiger partial charge on any atom is -0.492 e. The van der Waals surface area contributed by atoms with Crippen molar-refractivity contribution in [3.05, 3.63) is 28.8 Å². The Balaban J connectivity index is 1.16. The van der Waals surface area contributed by atoms with Gasteiger partial charge in [-0.3, -0.25) is 4.79 Å². The molecule has 0 amide bonds. The fraction of sp³-hybridized carbons (Fsp3) is 0.735. The molecule has 0 unspecified atom stereocenters. The highest BCUT2D eigenvalue weighted by Gasteiger charge is 2.60. The lowest BCUT2D eigenvalue weighted by Crippen LogP contribution is -2.52. The first-order valence-electron chi connectivity index (χ1n) is 15.8. The smallest absolute Gasteiger partial charge is 0.231 e. The van der Waals surface area contributed by atoms with Gasteiger partial charge in [-0.05, 0) is 91.6 Å². The summed E-state index contributed by atoms with van der Waals surface area (Å²) in [5.41, 5.74) is 4.23. The summed E-state index contributed by atoms with van der Waals surface area (Å²) in [6.07, 6.45) is 12.5. The van der Waals surface area contributed by atoms with Crippen LogP contribution in [0.25, 0.3) is 0 Å². The molecule has 0 bridgehead atoms. The number of aliphatic hydroxyl groups is 1. The van der Waals surface area contributed by atoms with E-state index < -0.39 is 0 Å². The van der Waals surface area contributed by atoms with Crippen molar-refractivity contribution in [3.8, 4) is 17.2 Å². The van der Waals surface area contributed by atoms with Gasteiger partial charge in [-0.2, -0.15) is 0 Å². The van der Waals surface area contributed by atoms with Crippen molar-refractivity contribution in [2.24, 2.45) is 34.5 Å². The summed E-state index contributed by atoms with van der Waals surface area (Å²) < 4.78 is 18.3. The predicted octanol–water partition coefficient (Wildman–Crippen LogP) is 6.00. The number of Topliss-reactive ketones (excluding diaryl/α,β-unsaturated/α-hetero) is 1. The largest absolute Gasteiger partial charge is 0.492 e. The van der Waals surface area contributed by atoms with E-state index in [1.165, 1.54) is 24.0 Å². The Morgan fingerprint density at radius 1 is 1.12 bits per heavy atom. The van der Waals surface area contributed by atoms with Crippen LogP contribution in [0.3, 0.4) is 0 Å². The first kappa shape index (κ1) is 26.8. The number of rotatable bonds is 4. The number of fused-ring (bicyclic) bond motifs is 7. The molecule has 0 aromatic heterocycles. The lowest BCUT2D eigenvalue weighted by atomic mass is 9.47. The highest BCUT2D eigenvalue weighted by Crippen LogP contribution is 2.66. The van der Waals surface area contributed by atoms with Crippen LogP contribution in [0.5, 0.6) is 17.2 Å². The van der Waals surface area contributed by atoms with Crippen LogP contribution < -0.4 is 14.2 Å². The number of allylic oxidation sites excluding steroid dienone is 1. The molecule has 0 radical (unpaired) electrons. The van der Waals surface area contributed by atoms with Gasteiger partial charge in [-0.1, -0.05) is 25.5 Å². The average molecular weight is 551 g/mol. The number of carbonyl (C=O) groups excluding carboxylic acids is 1. The van der Waals surface area contributed by atoms with Crippen LogP contribution in [0.4, 0.5) is 0 Å². The molecule has 3 saturated carbocycles. The number of hydrogen-bond donors (Lipinski definition) is 1. The Bertz CT molecular complexity index is 1250. The number of ether oxygens (including phenoxy) is 3. The lowest BCUT2D eigenvalue weighted by molar-refractivity contribution is -0.922. The number of likely N-dealkylation sites (N-methyl/N-ethyl adjacent to an activating group) is 1. The number of quaternary nitrogens is 1. The van der Waals surface area contributed by atoms with Gasteiger partial charge in [0.2, 0.25) is 12.5 Å². The Labute approximate surface area is 239 Å². The monoisotopic (exact) mass is 550 g/mol. The molecular weight excluding hydrogens is 502 g/mol. The second-order valence-electron chi connectivity index (χ2n) is 15.0. The maximum absolute atomic E-state index is 14.4. The number of ketones is 1. The number of benzene rings is 1. The summed E-state index contributed by atoms with van der Waals surface area (Å²) in [5, 5.41) is 10.4. The highest BCUT2D eigenvalue weighted by atomic mass is 16.7. The molecular formula is C34H48NO5+. The summed E-state index contributed by atoms with van der Waals surface area (Å²) in [5.74, 6) is 4.79. The Hall–Kier alpha value is -2.05. The highest BCUT2D eigenvalue weighted by molar-refractivity contribution is 5.83. The van der Waals surface area contributed by atoms with E-state index in [-0.39, 0.29) is 35.7 Å². The minimum absolute atomic E-state index is 0.0486. The van der Waals surface area contributed by atoms with Crippen molar-refractivity contribution in [3.63, 3.8) is 0 Å². The molecule has 2 heterocycles. The summed E-state index contributed by atoms with van der Waals surface area (Å²) in [7, 11) is 6.25. The molecule has 1 N–H and O–H groups in total. The summed E-state index contributed by atoms with van der Waals surface area (Å²) in [6.45, 7) is 6.16. The number of aliphatic hydroxyl groups excluding tert-OH is 1. The van der Waals surface area contributed by atoms with E-state index in [1.807, 2.05) is 0 Å². The van der Waals surface area contributed by atoms with Crippen LogP contribution in [-0.4, -0.2) is 56.0 Å². The van der Waals surface area contributed by atoms with E-state index in [4.69, 9.17) is 14.2 Å². The second-order valence-corrected chi connectivity index (χ2v) is 15.0. The molecule has 6 nitrogen and oxygen atoms in total. The number of hydrogen-bond acceptors (Lipinski definition) is 5. The maximum Gasteiger partial charge on any atom is 0.231 e. The molecule has 1 aromatic rings. The molecule has 40 heavy (non-hydrogen) atoms.